The molecule has 3 aromatic rings. The number of aryl methyl sites for hydroxylation is 1. The largest absolute Gasteiger partial charge is 0.464 e. The third kappa shape index (κ3) is 5.20. The van der Waals surface area contributed by atoms with Crippen molar-refractivity contribution in [1.29, 1.82) is 0 Å². The van der Waals surface area contributed by atoms with Crippen LogP contribution in [0.5, 0.6) is 0 Å². The summed E-state index contributed by atoms with van der Waals surface area (Å²) in [6.07, 6.45) is 7.66. The van der Waals surface area contributed by atoms with Crippen LogP contribution in [-0.4, -0.2) is 29.0 Å². The molecular formula is C27H30N4O3. The Bertz CT molecular complexity index is 1300. The molecule has 0 saturated carbocycles. The molecule has 0 saturated heterocycles. The summed E-state index contributed by atoms with van der Waals surface area (Å²) in [7, 11) is 1.35. The van der Waals surface area contributed by atoms with E-state index in [9.17, 15) is 9.59 Å². The Labute approximate surface area is 199 Å². The lowest BCUT2D eigenvalue weighted by molar-refractivity contribution is -0.112. The Hall–Kier alpha value is -3.87. The molecule has 176 valence electrons. The van der Waals surface area contributed by atoms with Crippen molar-refractivity contribution in [3.8, 4) is 0 Å². The Balaban J connectivity index is 1.45. The van der Waals surface area contributed by atoms with Crippen molar-refractivity contribution in [2.75, 3.05) is 17.7 Å². The Morgan fingerprint density at radius 1 is 1.18 bits per heavy atom. The molecule has 34 heavy (non-hydrogen) atoms. The van der Waals surface area contributed by atoms with E-state index in [0.29, 0.717) is 23.8 Å². The highest BCUT2D eigenvalue weighted by atomic mass is 16.5. The number of aromatic nitrogens is 2. The molecule has 1 amide bonds. The number of methoxy groups -OCH3 is 1. The molecule has 0 bridgehead atoms. The first kappa shape index (κ1) is 23.3. The second-order valence-corrected chi connectivity index (χ2v) is 8.86. The summed E-state index contributed by atoms with van der Waals surface area (Å²) in [5.41, 5.74) is 6.81. The van der Waals surface area contributed by atoms with Crippen molar-refractivity contribution in [3.63, 3.8) is 0 Å². The molecule has 0 fully saturated rings. The molecule has 1 aromatic carbocycles. The average Bonchev–Trinajstić information content (AvgIpc) is 3.27. The van der Waals surface area contributed by atoms with Crippen LogP contribution in [0.3, 0.4) is 0 Å². The van der Waals surface area contributed by atoms with Gasteiger partial charge >= 0.3 is 5.97 Å². The normalized spacial score (nSPS) is 13.4. The molecule has 7 heteroatoms. The van der Waals surface area contributed by atoms with E-state index in [-0.39, 0.29) is 5.91 Å². The predicted octanol–water partition coefficient (Wildman–Crippen LogP) is 5.51. The number of aromatic amines is 1. The van der Waals surface area contributed by atoms with Crippen molar-refractivity contribution in [2.45, 2.75) is 40.2 Å². The topological polar surface area (TPSA) is 96.1 Å². The summed E-state index contributed by atoms with van der Waals surface area (Å²) in [5.74, 6) is -0.0633. The molecule has 2 heterocycles. The molecular weight excluding hydrogens is 428 g/mol. The van der Waals surface area contributed by atoms with Crippen LogP contribution >= 0.6 is 0 Å². The maximum atomic E-state index is 12.8. The van der Waals surface area contributed by atoms with Crippen molar-refractivity contribution in [3.05, 3.63) is 76.6 Å². The fraction of sp³-hybridized carbons (Fsp3) is 0.296. The number of esters is 1. The van der Waals surface area contributed by atoms with Gasteiger partial charge in [-0.2, -0.15) is 0 Å². The van der Waals surface area contributed by atoms with Crippen molar-refractivity contribution < 1.29 is 14.3 Å². The highest BCUT2D eigenvalue weighted by Gasteiger charge is 2.15. The van der Waals surface area contributed by atoms with Crippen LogP contribution in [0.4, 0.5) is 11.4 Å². The van der Waals surface area contributed by atoms with Crippen LogP contribution in [0.1, 0.15) is 48.3 Å². The lowest BCUT2D eigenvalue weighted by Crippen LogP contribution is -2.16. The van der Waals surface area contributed by atoms with Crippen LogP contribution in [0.15, 0.2) is 59.8 Å². The summed E-state index contributed by atoms with van der Waals surface area (Å²) >= 11 is 0. The molecule has 1 aliphatic rings. The number of benzene rings is 1. The van der Waals surface area contributed by atoms with E-state index in [1.165, 1.54) is 12.7 Å². The van der Waals surface area contributed by atoms with E-state index in [2.05, 4.69) is 34.4 Å². The number of fused-ring (bicyclic) bond motifs is 1. The van der Waals surface area contributed by atoms with Gasteiger partial charge < -0.3 is 20.4 Å². The predicted molar refractivity (Wildman–Crippen MR) is 135 cm³/mol. The van der Waals surface area contributed by atoms with Crippen molar-refractivity contribution in [1.82, 2.24) is 9.97 Å². The molecule has 1 aliphatic carbocycles. The molecule has 0 radical (unpaired) electrons. The molecule has 7 nitrogen and oxygen atoms in total. The first-order valence-corrected chi connectivity index (χ1v) is 11.5. The SMILES string of the molecule is COC(=O)c1cc2cc(NCc3cc(NC(=O)C4=CCCC(C(C)C)=C4)ccc3C)cnc2[nH]1. The first-order chi connectivity index (χ1) is 16.3. The minimum Gasteiger partial charge on any atom is -0.464 e. The third-order valence-corrected chi connectivity index (χ3v) is 6.11. The minimum absolute atomic E-state index is 0.0795. The van der Waals surface area contributed by atoms with E-state index in [0.717, 1.165) is 46.3 Å². The van der Waals surface area contributed by atoms with Crippen LogP contribution in [0.25, 0.3) is 11.0 Å². The van der Waals surface area contributed by atoms with Gasteiger partial charge in [-0.25, -0.2) is 9.78 Å². The van der Waals surface area contributed by atoms with Gasteiger partial charge in [0.1, 0.15) is 11.3 Å². The number of pyridine rings is 1. The number of hydrogen-bond acceptors (Lipinski definition) is 5. The van der Waals surface area contributed by atoms with Gasteiger partial charge in [-0.05, 0) is 61.1 Å². The smallest absolute Gasteiger partial charge is 0.354 e. The van der Waals surface area contributed by atoms with E-state index in [4.69, 9.17) is 4.74 Å². The minimum atomic E-state index is -0.429. The second-order valence-electron chi connectivity index (χ2n) is 8.86. The van der Waals surface area contributed by atoms with Gasteiger partial charge in [0, 0.05) is 23.2 Å². The Kier molecular flexibility index (Phi) is 6.82. The molecule has 2 aromatic heterocycles. The van der Waals surface area contributed by atoms with Crippen LogP contribution in [0.2, 0.25) is 0 Å². The number of allylic oxidation sites excluding steroid dienone is 2. The average molecular weight is 459 g/mol. The van der Waals surface area contributed by atoms with Gasteiger partial charge in [-0.15, -0.1) is 0 Å². The molecule has 0 spiro atoms. The van der Waals surface area contributed by atoms with Crippen LogP contribution in [-0.2, 0) is 16.1 Å². The quantitative estimate of drug-likeness (QED) is 0.406. The van der Waals surface area contributed by atoms with Crippen molar-refractivity contribution >= 4 is 34.3 Å². The molecule has 3 N–H and O–H groups in total. The summed E-state index contributed by atoms with van der Waals surface area (Å²) in [6.45, 7) is 6.93. The number of nitrogens with zero attached hydrogens (tertiary/aromatic N) is 1. The highest BCUT2D eigenvalue weighted by Crippen LogP contribution is 2.25. The summed E-state index contributed by atoms with van der Waals surface area (Å²) in [6, 6.07) is 9.58. The van der Waals surface area contributed by atoms with Gasteiger partial charge in [0.15, 0.2) is 0 Å². The number of amides is 1. The molecule has 4 rings (SSSR count). The molecule has 0 atom stereocenters. The van der Waals surface area contributed by atoms with Gasteiger partial charge in [-0.1, -0.05) is 37.6 Å². The second kappa shape index (κ2) is 9.95. The highest BCUT2D eigenvalue weighted by molar-refractivity contribution is 6.06. The maximum Gasteiger partial charge on any atom is 0.354 e. The number of carbonyl (C=O) groups is 2. The molecule has 0 unspecified atom stereocenters. The van der Waals surface area contributed by atoms with Gasteiger partial charge in [0.05, 0.1) is 19.0 Å². The van der Waals surface area contributed by atoms with E-state index in [1.54, 1.807) is 12.3 Å². The Morgan fingerprint density at radius 2 is 2.00 bits per heavy atom. The number of rotatable bonds is 7. The number of H-pyrrole nitrogens is 1. The third-order valence-electron chi connectivity index (χ3n) is 6.11. The number of carbonyl (C=O) groups excluding carboxylic acids is 2. The van der Waals surface area contributed by atoms with E-state index >= 15 is 0 Å². The van der Waals surface area contributed by atoms with Crippen LogP contribution in [0, 0.1) is 12.8 Å². The van der Waals surface area contributed by atoms with Gasteiger partial charge in [0.25, 0.3) is 5.91 Å². The summed E-state index contributed by atoms with van der Waals surface area (Å²) in [4.78, 5) is 31.9. The zero-order chi connectivity index (χ0) is 24.2. The van der Waals surface area contributed by atoms with E-state index < -0.39 is 5.97 Å². The fourth-order valence-electron chi connectivity index (χ4n) is 4.01. The van der Waals surface area contributed by atoms with Gasteiger partial charge in [-0.3, -0.25) is 4.79 Å². The number of nitrogens with one attached hydrogen (secondary N) is 3. The van der Waals surface area contributed by atoms with Crippen molar-refractivity contribution in [2.24, 2.45) is 5.92 Å². The van der Waals surface area contributed by atoms with Crippen LogP contribution < -0.4 is 10.6 Å². The number of hydrogen-bond donors (Lipinski definition) is 3. The number of ether oxygens (including phenoxy) is 1. The summed E-state index contributed by atoms with van der Waals surface area (Å²) < 4.78 is 4.76. The maximum absolute atomic E-state index is 12.8. The first-order valence-electron chi connectivity index (χ1n) is 11.5. The Morgan fingerprint density at radius 3 is 2.76 bits per heavy atom. The molecule has 0 aliphatic heterocycles. The lowest BCUT2D eigenvalue weighted by Gasteiger charge is -2.17. The summed E-state index contributed by atoms with van der Waals surface area (Å²) in [5, 5.41) is 7.24. The monoisotopic (exact) mass is 458 g/mol. The fourth-order valence-corrected chi connectivity index (χ4v) is 4.01. The van der Waals surface area contributed by atoms with Gasteiger partial charge in [0.2, 0.25) is 0 Å². The lowest BCUT2D eigenvalue weighted by atomic mass is 9.91. The number of anilines is 2. The zero-order valence-corrected chi connectivity index (χ0v) is 20.0. The standard InChI is InChI=1S/C27H30N4O3/c1-16(2)18-6-5-7-19(10-18)26(32)30-22-9-8-17(3)21(12-22)14-28-23-11-20-13-24(27(33)34-4)31-25(20)29-15-23/h7-13,15-16,28H,5-6,14H2,1-4H3,(H,29,31)(H,30,32). The van der Waals surface area contributed by atoms with E-state index in [1.807, 2.05) is 43.3 Å². The zero-order valence-electron chi connectivity index (χ0n) is 20.0.